The Morgan fingerprint density at radius 1 is 1.46 bits per heavy atom. The van der Waals surface area contributed by atoms with Gasteiger partial charge in [0.15, 0.2) is 4.98 Å². The standard InChI is InChI=1S/C9H8N2O2/c1-5-3-6(2)8(9(12)13)7(4-5)11-10/h3-4H,1-2H3. The number of hydrogen-bond donors (Lipinski definition) is 0. The summed E-state index contributed by atoms with van der Waals surface area (Å²) in [6, 6.07) is 3.18. The molecule has 4 heteroatoms. The van der Waals surface area contributed by atoms with E-state index in [1.54, 1.807) is 19.9 Å². The van der Waals surface area contributed by atoms with Crippen LogP contribution in [0.15, 0.2) is 12.1 Å². The lowest BCUT2D eigenvalue weighted by Crippen LogP contribution is -2.23. The van der Waals surface area contributed by atoms with Gasteiger partial charge in [-0.05, 0) is 25.0 Å². The van der Waals surface area contributed by atoms with Gasteiger partial charge in [-0.25, -0.2) is 0 Å². The number of carboxylic acid groups (broad SMARTS) is 1. The molecule has 1 rings (SSSR count). The van der Waals surface area contributed by atoms with Crippen molar-refractivity contribution >= 4 is 11.7 Å². The van der Waals surface area contributed by atoms with Gasteiger partial charge in [-0.15, -0.1) is 0 Å². The van der Waals surface area contributed by atoms with Crippen LogP contribution < -0.4 is 5.11 Å². The highest BCUT2D eigenvalue weighted by Gasteiger charge is 2.17. The molecular formula is C9H8N2O2. The molecule has 0 atom stereocenters. The van der Waals surface area contributed by atoms with Crippen molar-refractivity contribution in [3.05, 3.63) is 33.8 Å². The molecule has 0 aliphatic carbocycles. The first kappa shape index (κ1) is 9.20. The normalized spacial score (nSPS) is 9.31. The summed E-state index contributed by atoms with van der Waals surface area (Å²) in [5, 5.41) is 19.2. The Hall–Kier alpha value is -1.89. The lowest BCUT2D eigenvalue weighted by molar-refractivity contribution is -0.254. The predicted molar refractivity (Wildman–Crippen MR) is 45.0 cm³/mol. The van der Waals surface area contributed by atoms with Crippen LogP contribution in [0.2, 0.25) is 0 Å². The number of aryl methyl sites for hydroxylation is 2. The van der Waals surface area contributed by atoms with Crippen molar-refractivity contribution < 1.29 is 9.90 Å². The SMILES string of the molecule is Cc1cc(C)c(C(=O)[O-])c([N+]#N)c1. The van der Waals surface area contributed by atoms with E-state index in [9.17, 15) is 9.90 Å². The molecule has 13 heavy (non-hydrogen) atoms. The van der Waals surface area contributed by atoms with E-state index in [0.717, 1.165) is 5.56 Å². The smallest absolute Gasteiger partial charge is 0.394 e. The van der Waals surface area contributed by atoms with Gasteiger partial charge in [-0.3, -0.25) is 0 Å². The number of hydrogen-bond acceptors (Lipinski definition) is 3. The van der Waals surface area contributed by atoms with Crippen LogP contribution in [0.1, 0.15) is 21.5 Å². The minimum Gasteiger partial charge on any atom is -0.544 e. The maximum absolute atomic E-state index is 10.6. The van der Waals surface area contributed by atoms with E-state index in [1.165, 1.54) is 6.07 Å². The Labute approximate surface area is 75.4 Å². The van der Waals surface area contributed by atoms with E-state index in [4.69, 9.17) is 5.39 Å². The van der Waals surface area contributed by atoms with E-state index >= 15 is 0 Å². The molecule has 0 saturated heterocycles. The minimum absolute atomic E-state index is 0.0394. The third-order valence-electron chi connectivity index (χ3n) is 1.77. The second kappa shape index (κ2) is 3.23. The molecule has 0 spiro atoms. The fourth-order valence-electron chi connectivity index (χ4n) is 1.29. The topological polar surface area (TPSA) is 68.3 Å². The van der Waals surface area contributed by atoms with Crippen molar-refractivity contribution in [1.82, 2.24) is 0 Å². The van der Waals surface area contributed by atoms with Crippen LogP contribution in [-0.2, 0) is 0 Å². The van der Waals surface area contributed by atoms with Crippen LogP contribution in [0.5, 0.6) is 0 Å². The molecule has 1 aromatic carbocycles. The van der Waals surface area contributed by atoms with E-state index in [1.807, 2.05) is 0 Å². The van der Waals surface area contributed by atoms with Crippen LogP contribution in [-0.4, -0.2) is 5.97 Å². The largest absolute Gasteiger partial charge is 0.544 e. The third kappa shape index (κ3) is 1.64. The minimum atomic E-state index is -1.33. The maximum atomic E-state index is 10.6. The molecule has 0 unspecified atom stereocenters. The summed E-state index contributed by atoms with van der Waals surface area (Å²) in [6.45, 7) is 3.42. The first-order valence-electron chi connectivity index (χ1n) is 3.74. The molecule has 0 fully saturated rings. The number of nitrogens with zero attached hydrogens (tertiary/aromatic N) is 2. The molecule has 1 aromatic rings. The predicted octanol–water partition coefficient (Wildman–Crippen LogP) is 1.15. The van der Waals surface area contributed by atoms with E-state index in [2.05, 4.69) is 4.98 Å². The van der Waals surface area contributed by atoms with Gasteiger partial charge in [-0.2, -0.15) is 0 Å². The average molecular weight is 176 g/mol. The van der Waals surface area contributed by atoms with Gasteiger partial charge >= 0.3 is 5.69 Å². The summed E-state index contributed by atoms with van der Waals surface area (Å²) < 4.78 is 0. The molecule has 0 aromatic heterocycles. The first-order chi connectivity index (χ1) is 6.06. The summed E-state index contributed by atoms with van der Waals surface area (Å²) in [5.41, 5.74) is 1.36. The number of carboxylic acids is 1. The molecular weight excluding hydrogens is 168 g/mol. The number of carbonyl (C=O) groups is 1. The van der Waals surface area contributed by atoms with Crippen LogP contribution in [0, 0.1) is 19.2 Å². The van der Waals surface area contributed by atoms with Crippen molar-refractivity contribution in [1.29, 1.82) is 5.39 Å². The van der Waals surface area contributed by atoms with Crippen LogP contribution >= 0.6 is 0 Å². The highest BCUT2D eigenvalue weighted by molar-refractivity contribution is 5.94. The van der Waals surface area contributed by atoms with Crippen molar-refractivity contribution in [3.8, 4) is 0 Å². The zero-order chi connectivity index (χ0) is 10.0. The molecule has 0 aliphatic rings. The third-order valence-corrected chi connectivity index (χ3v) is 1.77. The zero-order valence-electron chi connectivity index (χ0n) is 7.37. The Morgan fingerprint density at radius 2 is 2.08 bits per heavy atom. The second-order valence-electron chi connectivity index (χ2n) is 2.86. The second-order valence-corrected chi connectivity index (χ2v) is 2.86. The Kier molecular flexibility index (Phi) is 2.29. The lowest BCUT2D eigenvalue weighted by Gasteiger charge is -2.03. The summed E-state index contributed by atoms with van der Waals surface area (Å²) in [5.74, 6) is -1.33. The van der Waals surface area contributed by atoms with Gasteiger partial charge in [0.1, 0.15) is 0 Å². The summed E-state index contributed by atoms with van der Waals surface area (Å²) in [4.78, 5) is 13.5. The van der Waals surface area contributed by atoms with Gasteiger partial charge in [0.2, 0.25) is 5.39 Å². The Morgan fingerprint density at radius 3 is 2.54 bits per heavy atom. The molecule has 0 amide bonds. The molecule has 4 nitrogen and oxygen atoms in total. The quantitative estimate of drug-likeness (QED) is 0.603. The molecule has 0 bridgehead atoms. The average Bonchev–Trinajstić information content (AvgIpc) is 2.01. The molecule has 0 N–H and O–H groups in total. The Balaban J connectivity index is 3.50. The van der Waals surface area contributed by atoms with Gasteiger partial charge in [0.25, 0.3) is 0 Å². The van der Waals surface area contributed by atoms with E-state index < -0.39 is 5.97 Å². The molecule has 0 radical (unpaired) electrons. The number of rotatable bonds is 1. The fraction of sp³-hybridized carbons (Fsp3) is 0.222. The van der Waals surface area contributed by atoms with Crippen molar-refractivity contribution in [2.45, 2.75) is 13.8 Å². The summed E-state index contributed by atoms with van der Waals surface area (Å²) >= 11 is 0. The molecule has 66 valence electrons. The van der Waals surface area contributed by atoms with Crippen LogP contribution in [0.4, 0.5) is 5.69 Å². The van der Waals surface area contributed by atoms with Crippen LogP contribution in [0.3, 0.4) is 0 Å². The zero-order valence-corrected chi connectivity index (χ0v) is 7.37. The van der Waals surface area contributed by atoms with Gasteiger partial charge < -0.3 is 9.90 Å². The fourth-order valence-corrected chi connectivity index (χ4v) is 1.29. The van der Waals surface area contributed by atoms with Crippen molar-refractivity contribution in [2.75, 3.05) is 0 Å². The Bertz CT molecular complexity index is 405. The number of diazo groups is 1. The summed E-state index contributed by atoms with van der Waals surface area (Å²) in [7, 11) is 0. The van der Waals surface area contributed by atoms with Crippen LogP contribution in [0.25, 0.3) is 4.98 Å². The molecule has 0 heterocycles. The van der Waals surface area contributed by atoms with E-state index in [-0.39, 0.29) is 11.3 Å². The maximum Gasteiger partial charge on any atom is 0.394 e. The number of benzene rings is 1. The van der Waals surface area contributed by atoms with E-state index in [0.29, 0.717) is 5.56 Å². The van der Waals surface area contributed by atoms with Crippen molar-refractivity contribution in [2.24, 2.45) is 0 Å². The molecule has 0 saturated carbocycles. The van der Waals surface area contributed by atoms with Gasteiger partial charge in [0.05, 0.1) is 11.5 Å². The molecule has 0 aliphatic heterocycles. The van der Waals surface area contributed by atoms with Crippen molar-refractivity contribution in [3.63, 3.8) is 0 Å². The number of aromatic carboxylic acids is 1. The van der Waals surface area contributed by atoms with Gasteiger partial charge in [-0.1, -0.05) is 6.07 Å². The highest BCUT2D eigenvalue weighted by Crippen LogP contribution is 2.23. The number of carbonyl (C=O) groups excluding carboxylic acids is 1. The van der Waals surface area contributed by atoms with Gasteiger partial charge in [0, 0.05) is 6.07 Å². The highest BCUT2D eigenvalue weighted by atomic mass is 16.4. The monoisotopic (exact) mass is 176 g/mol. The first-order valence-corrected chi connectivity index (χ1v) is 3.74. The summed E-state index contributed by atoms with van der Waals surface area (Å²) in [6.07, 6.45) is 0. The lowest BCUT2D eigenvalue weighted by atomic mass is 10.0.